The average Bonchev–Trinajstić information content (AvgIpc) is 2.50. The van der Waals surface area contributed by atoms with Gasteiger partial charge < -0.3 is 10.1 Å². The third-order valence-corrected chi connectivity index (χ3v) is 2.29. The summed E-state index contributed by atoms with van der Waals surface area (Å²) in [4.78, 5) is 5.36. The van der Waals surface area contributed by atoms with E-state index in [1.165, 1.54) is 0 Å². The summed E-state index contributed by atoms with van der Waals surface area (Å²) in [6, 6.07) is 0. The van der Waals surface area contributed by atoms with Crippen molar-refractivity contribution in [2.24, 2.45) is 0 Å². The zero-order chi connectivity index (χ0) is 8.81. The Bertz CT molecular complexity index is 225. The van der Waals surface area contributed by atoms with E-state index in [-0.39, 0.29) is 0 Å². The Morgan fingerprint density at radius 2 is 2.50 bits per heavy atom. The van der Waals surface area contributed by atoms with Crippen LogP contribution in [0.3, 0.4) is 0 Å². The summed E-state index contributed by atoms with van der Waals surface area (Å²) in [5.41, 5.74) is 0. The van der Waals surface area contributed by atoms with Gasteiger partial charge in [-0.15, -0.1) is 0 Å². The van der Waals surface area contributed by atoms with Crippen LogP contribution in [0.1, 0.15) is 18.2 Å². The van der Waals surface area contributed by atoms with Gasteiger partial charge in [0.15, 0.2) is 5.13 Å². The van der Waals surface area contributed by atoms with Crippen LogP contribution in [0.2, 0.25) is 0 Å². The summed E-state index contributed by atoms with van der Waals surface area (Å²) < 4.78 is 4.99. The van der Waals surface area contributed by atoms with Crippen molar-refractivity contribution in [3.63, 3.8) is 0 Å². The molecular weight excluding hydrogens is 172 g/mol. The first kappa shape index (κ1) is 9.48. The highest BCUT2D eigenvalue weighted by molar-refractivity contribution is 7.15. The van der Waals surface area contributed by atoms with E-state index in [9.17, 15) is 0 Å². The largest absolute Gasteiger partial charge is 0.379 e. The molecule has 1 aromatic rings. The van der Waals surface area contributed by atoms with Crippen molar-refractivity contribution in [1.29, 1.82) is 0 Å². The van der Waals surface area contributed by atoms with Crippen LogP contribution in [0.25, 0.3) is 0 Å². The molecule has 1 aromatic heterocycles. The first-order chi connectivity index (χ1) is 5.86. The number of nitrogens with zero attached hydrogens (tertiary/aromatic N) is 1. The molecule has 0 spiro atoms. The van der Waals surface area contributed by atoms with Crippen LogP contribution in [0.15, 0.2) is 6.20 Å². The highest BCUT2D eigenvalue weighted by Gasteiger charge is 1.99. The maximum atomic E-state index is 4.99. The number of anilines is 1. The van der Waals surface area contributed by atoms with Crippen molar-refractivity contribution in [2.45, 2.75) is 20.0 Å². The fourth-order valence-electron chi connectivity index (χ4n) is 0.830. The maximum Gasteiger partial charge on any atom is 0.182 e. The predicted octanol–water partition coefficient (Wildman–Crippen LogP) is 2.11. The normalized spacial score (nSPS) is 10.2. The molecular formula is C8H14N2OS. The third kappa shape index (κ3) is 2.79. The minimum Gasteiger partial charge on any atom is -0.379 e. The fraction of sp³-hybridized carbons (Fsp3) is 0.625. The van der Waals surface area contributed by atoms with E-state index in [0.29, 0.717) is 6.61 Å². The van der Waals surface area contributed by atoms with Crippen LogP contribution in [0.5, 0.6) is 0 Å². The standard InChI is InChI=1S/C8H14N2OS/c1-3-4-9-8-10-5-7(12-8)6-11-2/h5H,3-4,6H2,1-2H3,(H,9,10). The van der Waals surface area contributed by atoms with Crippen molar-refractivity contribution in [3.05, 3.63) is 11.1 Å². The van der Waals surface area contributed by atoms with Crippen LogP contribution < -0.4 is 5.32 Å². The molecule has 0 bridgehead atoms. The van der Waals surface area contributed by atoms with Gasteiger partial charge in [-0.05, 0) is 6.42 Å². The Balaban J connectivity index is 2.41. The number of thiazole rings is 1. The molecule has 0 saturated carbocycles. The van der Waals surface area contributed by atoms with Gasteiger partial charge in [-0.1, -0.05) is 18.3 Å². The van der Waals surface area contributed by atoms with Gasteiger partial charge in [0.25, 0.3) is 0 Å². The number of rotatable bonds is 5. The Morgan fingerprint density at radius 1 is 1.67 bits per heavy atom. The molecule has 0 aromatic carbocycles. The van der Waals surface area contributed by atoms with Gasteiger partial charge in [0.05, 0.1) is 11.5 Å². The summed E-state index contributed by atoms with van der Waals surface area (Å²) in [6.07, 6.45) is 2.98. The molecule has 0 unspecified atom stereocenters. The number of ether oxygens (including phenoxy) is 1. The molecule has 0 aliphatic heterocycles. The highest BCUT2D eigenvalue weighted by atomic mass is 32.1. The minimum atomic E-state index is 0.658. The zero-order valence-electron chi connectivity index (χ0n) is 7.46. The number of aromatic nitrogens is 1. The predicted molar refractivity (Wildman–Crippen MR) is 51.6 cm³/mol. The Hall–Kier alpha value is -0.610. The van der Waals surface area contributed by atoms with Gasteiger partial charge in [0.1, 0.15) is 0 Å². The van der Waals surface area contributed by atoms with Gasteiger partial charge in [-0.25, -0.2) is 4.98 Å². The summed E-state index contributed by atoms with van der Waals surface area (Å²) in [6.45, 7) is 3.78. The lowest BCUT2D eigenvalue weighted by molar-refractivity contribution is 0.187. The van der Waals surface area contributed by atoms with E-state index in [1.807, 2.05) is 6.20 Å². The van der Waals surface area contributed by atoms with E-state index in [0.717, 1.165) is 23.0 Å². The average molecular weight is 186 g/mol. The Morgan fingerprint density at radius 3 is 3.17 bits per heavy atom. The maximum absolute atomic E-state index is 4.99. The van der Waals surface area contributed by atoms with Crippen molar-refractivity contribution < 1.29 is 4.74 Å². The monoisotopic (exact) mass is 186 g/mol. The summed E-state index contributed by atoms with van der Waals surface area (Å²) in [5, 5.41) is 4.21. The molecule has 0 amide bonds. The van der Waals surface area contributed by atoms with Crippen molar-refractivity contribution in [2.75, 3.05) is 19.0 Å². The molecule has 0 atom stereocenters. The van der Waals surface area contributed by atoms with Gasteiger partial charge in [0.2, 0.25) is 0 Å². The first-order valence-electron chi connectivity index (χ1n) is 4.04. The van der Waals surface area contributed by atoms with E-state index in [1.54, 1.807) is 18.4 Å². The minimum absolute atomic E-state index is 0.658. The molecule has 68 valence electrons. The van der Waals surface area contributed by atoms with Crippen LogP contribution in [-0.2, 0) is 11.3 Å². The molecule has 1 N–H and O–H groups in total. The highest BCUT2D eigenvalue weighted by Crippen LogP contribution is 2.18. The second kappa shape index (κ2) is 5.11. The Kier molecular flexibility index (Phi) is 4.04. The lowest BCUT2D eigenvalue weighted by atomic mass is 10.5. The smallest absolute Gasteiger partial charge is 0.182 e. The topological polar surface area (TPSA) is 34.2 Å². The quantitative estimate of drug-likeness (QED) is 0.764. The van der Waals surface area contributed by atoms with Crippen LogP contribution in [-0.4, -0.2) is 18.6 Å². The lowest BCUT2D eigenvalue weighted by Crippen LogP contribution is -1.97. The van der Waals surface area contributed by atoms with E-state index < -0.39 is 0 Å². The number of hydrogen-bond acceptors (Lipinski definition) is 4. The molecule has 0 saturated heterocycles. The number of methoxy groups -OCH3 is 1. The second-order valence-electron chi connectivity index (χ2n) is 2.49. The first-order valence-corrected chi connectivity index (χ1v) is 4.86. The molecule has 3 nitrogen and oxygen atoms in total. The summed E-state index contributed by atoms with van der Waals surface area (Å²) in [7, 11) is 1.69. The van der Waals surface area contributed by atoms with Gasteiger partial charge in [-0.3, -0.25) is 0 Å². The van der Waals surface area contributed by atoms with E-state index >= 15 is 0 Å². The summed E-state index contributed by atoms with van der Waals surface area (Å²) in [5.74, 6) is 0. The molecule has 0 radical (unpaired) electrons. The molecule has 12 heavy (non-hydrogen) atoms. The van der Waals surface area contributed by atoms with Gasteiger partial charge >= 0.3 is 0 Å². The zero-order valence-corrected chi connectivity index (χ0v) is 8.28. The Labute approximate surface area is 76.8 Å². The fourth-order valence-corrected chi connectivity index (χ4v) is 1.64. The van der Waals surface area contributed by atoms with E-state index in [2.05, 4.69) is 17.2 Å². The van der Waals surface area contributed by atoms with Crippen molar-refractivity contribution in [3.8, 4) is 0 Å². The molecule has 4 heteroatoms. The summed E-state index contributed by atoms with van der Waals surface area (Å²) >= 11 is 1.65. The SMILES string of the molecule is CCCNc1ncc(COC)s1. The third-order valence-electron chi connectivity index (χ3n) is 1.37. The lowest BCUT2D eigenvalue weighted by Gasteiger charge is -1.96. The van der Waals surface area contributed by atoms with Gasteiger partial charge in [-0.2, -0.15) is 0 Å². The number of hydrogen-bond donors (Lipinski definition) is 1. The number of nitrogens with one attached hydrogen (secondary N) is 1. The van der Waals surface area contributed by atoms with Crippen LogP contribution in [0, 0.1) is 0 Å². The van der Waals surface area contributed by atoms with Crippen LogP contribution >= 0.6 is 11.3 Å². The molecule has 0 fully saturated rings. The van der Waals surface area contributed by atoms with Crippen molar-refractivity contribution in [1.82, 2.24) is 4.98 Å². The van der Waals surface area contributed by atoms with E-state index in [4.69, 9.17) is 4.74 Å². The molecule has 0 aliphatic rings. The molecule has 1 rings (SSSR count). The second-order valence-corrected chi connectivity index (χ2v) is 3.61. The van der Waals surface area contributed by atoms with Crippen molar-refractivity contribution >= 4 is 16.5 Å². The van der Waals surface area contributed by atoms with Gasteiger partial charge in [0, 0.05) is 19.9 Å². The van der Waals surface area contributed by atoms with Crippen LogP contribution in [0.4, 0.5) is 5.13 Å². The molecule has 1 heterocycles. The molecule has 0 aliphatic carbocycles.